The zero-order chi connectivity index (χ0) is 14.9. The van der Waals surface area contributed by atoms with Gasteiger partial charge < -0.3 is 13.1 Å². The largest absolute Gasteiger partial charge is 0.398 e. The van der Waals surface area contributed by atoms with Crippen LogP contribution in [0.4, 0.5) is 5.69 Å². The number of hydrogen-bond donors (Lipinski definition) is 1. The van der Waals surface area contributed by atoms with Gasteiger partial charge >= 0.3 is 0 Å². The Morgan fingerprint density at radius 2 is 1.57 bits per heavy atom. The molecule has 1 aliphatic rings. The quantitative estimate of drug-likeness (QED) is 0.847. The topological polar surface area (TPSA) is 18.5 Å². The van der Waals surface area contributed by atoms with E-state index in [9.17, 15) is 0 Å². The van der Waals surface area contributed by atoms with E-state index in [1.807, 2.05) is 0 Å². The average Bonchev–Trinajstić information content (AvgIpc) is 2.54. The van der Waals surface area contributed by atoms with Crippen LogP contribution in [0.25, 0.3) is 0 Å². The molecule has 3 nitrogen and oxygen atoms in total. The minimum Gasteiger partial charge on any atom is -0.398 e. The summed E-state index contributed by atoms with van der Waals surface area (Å²) in [5.41, 5.74) is 1.32. The standard InChI is InChI=1S/C15H20N3Si3/c1-17-20(2)16-19-18(14-10-6-4-7-11-14)21(17,3)15-12-8-5-9-13-15/h4-13,16H,1-3H3. The minimum atomic E-state index is -1.89. The molecule has 1 unspecified atom stereocenters. The zero-order valence-electron chi connectivity index (χ0n) is 12.7. The van der Waals surface area contributed by atoms with Crippen LogP contribution in [-0.4, -0.2) is 38.6 Å². The lowest BCUT2D eigenvalue weighted by molar-refractivity contribution is 0.755. The number of anilines is 1. The summed E-state index contributed by atoms with van der Waals surface area (Å²) in [6, 6.07) is 21.8. The van der Waals surface area contributed by atoms with Gasteiger partial charge in [0.15, 0.2) is 0 Å². The van der Waals surface area contributed by atoms with Crippen molar-refractivity contribution in [1.82, 2.24) is 8.88 Å². The van der Waals surface area contributed by atoms with E-state index in [0.717, 1.165) is 0 Å². The van der Waals surface area contributed by atoms with Gasteiger partial charge in [-0.3, -0.25) is 0 Å². The summed E-state index contributed by atoms with van der Waals surface area (Å²) < 4.78 is 8.97. The van der Waals surface area contributed by atoms with Gasteiger partial charge in [0.25, 0.3) is 18.2 Å². The van der Waals surface area contributed by atoms with E-state index in [2.05, 4.69) is 93.9 Å². The fourth-order valence-electron chi connectivity index (χ4n) is 2.78. The molecule has 1 fully saturated rings. The fraction of sp³-hybridized carbons (Fsp3) is 0.200. The molecule has 0 aromatic heterocycles. The van der Waals surface area contributed by atoms with Crippen LogP contribution in [0.5, 0.6) is 0 Å². The molecule has 3 radical (unpaired) electrons. The summed E-state index contributed by atoms with van der Waals surface area (Å²) in [5.74, 6) is 0. The molecule has 0 amide bonds. The second-order valence-electron chi connectivity index (χ2n) is 5.44. The molecule has 6 heteroatoms. The van der Waals surface area contributed by atoms with Crippen LogP contribution in [0.15, 0.2) is 60.7 Å². The van der Waals surface area contributed by atoms with E-state index in [-0.39, 0.29) is 0 Å². The van der Waals surface area contributed by atoms with Gasteiger partial charge in [-0.1, -0.05) is 48.5 Å². The van der Waals surface area contributed by atoms with Crippen molar-refractivity contribution in [3.8, 4) is 0 Å². The summed E-state index contributed by atoms with van der Waals surface area (Å²) in [6.45, 7) is 4.82. The molecule has 1 heterocycles. The Labute approximate surface area is 132 Å². The molecule has 3 rings (SSSR count). The van der Waals surface area contributed by atoms with E-state index in [0.29, 0.717) is 9.84 Å². The van der Waals surface area contributed by atoms with Gasteiger partial charge in [-0.05, 0) is 37.5 Å². The normalized spacial score (nSPS) is 24.2. The molecule has 1 aliphatic heterocycles. The van der Waals surface area contributed by atoms with Gasteiger partial charge in [-0.15, -0.1) is 0 Å². The molecule has 2 aromatic carbocycles. The number of benzene rings is 2. The average molecular weight is 327 g/mol. The summed E-state index contributed by atoms with van der Waals surface area (Å²) in [7, 11) is 0.419. The Bertz CT molecular complexity index is 596. The molecular weight excluding hydrogens is 306 g/mol. The van der Waals surface area contributed by atoms with Gasteiger partial charge in [-0.2, -0.15) is 0 Å². The van der Waals surface area contributed by atoms with Crippen molar-refractivity contribution >= 4 is 38.2 Å². The molecule has 2 aromatic rings. The van der Waals surface area contributed by atoms with Crippen LogP contribution in [0.2, 0.25) is 13.1 Å². The molecule has 0 saturated carbocycles. The summed E-state index contributed by atoms with van der Waals surface area (Å²) in [5, 5.41) is 1.48. The molecule has 107 valence electrons. The van der Waals surface area contributed by atoms with Gasteiger partial charge in [0, 0.05) is 5.69 Å². The lowest BCUT2D eigenvalue weighted by Gasteiger charge is -2.52. The molecule has 1 atom stereocenters. The van der Waals surface area contributed by atoms with Gasteiger partial charge in [0.05, 0.1) is 0 Å². The highest BCUT2D eigenvalue weighted by Gasteiger charge is 2.47. The van der Waals surface area contributed by atoms with Crippen LogP contribution in [0, 0.1) is 0 Å². The Kier molecular flexibility index (Phi) is 4.14. The first-order valence-corrected chi connectivity index (χ1v) is 12.4. The third-order valence-electron chi connectivity index (χ3n) is 4.28. The van der Waals surface area contributed by atoms with Gasteiger partial charge in [-0.25, -0.2) is 0 Å². The number of nitrogens with zero attached hydrogens (tertiary/aromatic N) is 2. The maximum Gasteiger partial charge on any atom is 0.273 e. The number of rotatable bonds is 2. The van der Waals surface area contributed by atoms with Crippen LogP contribution in [-0.2, 0) is 0 Å². The fourth-order valence-corrected chi connectivity index (χ4v) is 13.6. The Balaban J connectivity index is 2.10. The van der Waals surface area contributed by atoms with E-state index in [1.54, 1.807) is 0 Å². The minimum absolute atomic E-state index is 0.648. The lowest BCUT2D eigenvalue weighted by Crippen LogP contribution is -2.81. The van der Waals surface area contributed by atoms with Crippen LogP contribution in [0.1, 0.15) is 0 Å². The first-order valence-electron chi connectivity index (χ1n) is 7.14. The lowest BCUT2D eigenvalue weighted by atomic mass is 10.3. The second kappa shape index (κ2) is 5.90. The van der Waals surface area contributed by atoms with Crippen molar-refractivity contribution in [2.75, 3.05) is 11.3 Å². The highest BCUT2D eigenvalue weighted by atomic mass is 28.4. The molecule has 0 aliphatic carbocycles. The highest BCUT2D eigenvalue weighted by Crippen LogP contribution is 2.24. The maximum absolute atomic E-state index is 3.72. The number of nitrogens with one attached hydrogen (secondary N) is 1. The molecule has 1 saturated heterocycles. The Hall–Kier alpha value is -1.19. The van der Waals surface area contributed by atoms with Crippen molar-refractivity contribution < 1.29 is 0 Å². The molecule has 0 bridgehead atoms. The zero-order valence-corrected chi connectivity index (χ0v) is 15.7. The van der Waals surface area contributed by atoms with E-state index >= 15 is 0 Å². The summed E-state index contributed by atoms with van der Waals surface area (Å²) in [6.07, 6.45) is 0. The van der Waals surface area contributed by atoms with Crippen LogP contribution in [0.3, 0.4) is 0 Å². The smallest absolute Gasteiger partial charge is 0.273 e. The van der Waals surface area contributed by atoms with Gasteiger partial charge in [0.1, 0.15) is 0 Å². The second-order valence-corrected chi connectivity index (χ2v) is 13.6. The summed E-state index contributed by atoms with van der Waals surface area (Å²) >= 11 is 0. The number of hydrogen-bond acceptors (Lipinski definition) is 3. The predicted molar refractivity (Wildman–Crippen MR) is 94.9 cm³/mol. The third-order valence-corrected chi connectivity index (χ3v) is 15.5. The van der Waals surface area contributed by atoms with Crippen molar-refractivity contribution in [1.29, 1.82) is 0 Å². The highest BCUT2D eigenvalue weighted by molar-refractivity contribution is 7.04. The predicted octanol–water partition coefficient (Wildman–Crippen LogP) is 1.66. The van der Waals surface area contributed by atoms with Crippen molar-refractivity contribution in [2.24, 2.45) is 0 Å². The molecule has 1 N–H and O–H groups in total. The van der Waals surface area contributed by atoms with Crippen LogP contribution < -0.4 is 14.1 Å². The van der Waals surface area contributed by atoms with Crippen molar-refractivity contribution in [3.63, 3.8) is 0 Å². The van der Waals surface area contributed by atoms with E-state index < -0.39 is 17.5 Å². The van der Waals surface area contributed by atoms with E-state index in [4.69, 9.17) is 0 Å². The van der Waals surface area contributed by atoms with Gasteiger partial charge in [0.2, 0.25) is 9.12 Å². The van der Waals surface area contributed by atoms with Crippen LogP contribution >= 0.6 is 0 Å². The van der Waals surface area contributed by atoms with Crippen molar-refractivity contribution in [3.05, 3.63) is 60.7 Å². The monoisotopic (exact) mass is 326 g/mol. The molecule has 21 heavy (non-hydrogen) atoms. The first kappa shape index (κ1) is 14.7. The SMILES string of the molecule is CN1[Si](C)N[Si]N(c2ccccc2)[Si]1(C)c1ccccc1. The first-order chi connectivity index (χ1) is 10.1. The third kappa shape index (κ3) is 2.53. The number of para-hydroxylation sites is 1. The Morgan fingerprint density at radius 3 is 2.19 bits per heavy atom. The molecule has 0 spiro atoms. The maximum atomic E-state index is 3.72. The summed E-state index contributed by atoms with van der Waals surface area (Å²) in [4.78, 5) is 0. The van der Waals surface area contributed by atoms with E-state index in [1.165, 1.54) is 10.9 Å². The Morgan fingerprint density at radius 1 is 1.00 bits per heavy atom. The molecular formula is C15H20N3Si3. The van der Waals surface area contributed by atoms with Crippen molar-refractivity contribution in [2.45, 2.75) is 13.1 Å².